The van der Waals surface area contributed by atoms with Crippen molar-refractivity contribution in [1.82, 2.24) is 0 Å². The zero-order valence-electron chi connectivity index (χ0n) is 13.4. The van der Waals surface area contributed by atoms with Gasteiger partial charge in [-0.25, -0.2) is 0 Å². The number of ether oxygens (including phenoxy) is 1. The number of rotatable bonds is 6. The molecule has 0 saturated carbocycles. The van der Waals surface area contributed by atoms with Crippen LogP contribution in [-0.2, 0) is 9.53 Å². The van der Waals surface area contributed by atoms with E-state index >= 15 is 0 Å². The van der Waals surface area contributed by atoms with Gasteiger partial charge in [-0.3, -0.25) is 9.79 Å². The zero-order valence-corrected chi connectivity index (χ0v) is 13.4. The number of Topliss-reactive ketones (excluding diaryl/α,β-unsaturated/α-hetero) is 1. The molecule has 2 heterocycles. The maximum Gasteiger partial charge on any atom is 0.181 e. The van der Waals surface area contributed by atoms with Gasteiger partial charge in [0.1, 0.15) is 30.1 Å². The van der Waals surface area contributed by atoms with Crippen molar-refractivity contribution >= 4 is 11.5 Å². The van der Waals surface area contributed by atoms with Crippen molar-refractivity contribution in [3.63, 3.8) is 0 Å². The van der Waals surface area contributed by atoms with E-state index in [-0.39, 0.29) is 18.1 Å². The first-order valence-electron chi connectivity index (χ1n) is 7.93. The highest BCUT2D eigenvalue weighted by Crippen LogP contribution is 2.26. The second-order valence-electron chi connectivity index (χ2n) is 6.56. The van der Waals surface area contributed by atoms with E-state index < -0.39 is 37.1 Å². The predicted octanol–water partition coefficient (Wildman–Crippen LogP) is -0.437. The molecule has 0 bridgehead atoms. The van der Waals surface area contributed by atoms with E-state index in [2.05, 4.69) is 4.99 Å². The molecule has 2 rings (SSSR count). The zero-order chi connectivity index (χ0) is 17.1. The first kappa shape index (κ1) is 18.2. The molecule has 2 aliphatic heterocycles. The van der Waals surface area contributed by atoms with Crippen LogP contribution >= 0.6 is 0 Å². The molecule has 23 heavy (non-hydrogen) atoms. The summed E-state index contributed by atoms with van der Waals surface area (Å²) in [6.07, 6.45) is -2.81. The third-order valence-corrected chi connectivity index (χ3v) is 4.12. The van der Waals surface area contributed by atoms with E-state index in [0.717, 1.165) is 0 Å². The van der Waals surface area contributed by atoms with Crippen LogP contribution in [-0.4, -0.2) is 69.0 Å². The molecule has 0 radical (unpaired) electrons. The molecule has 0 aromatic carbocycles. The number of carbonyl (C=O) groups is 1. The Hall–Kier alpha value is -1.12. The molecular weight excluding hydrogens is 302 g/mol. The second-order valence-corrected chi connectivity index (χ2v) is 6.56. The van der Waals surface area contributed by atoms with E-state index in [1.165, 1.54) is 0 Å². The summed E-state index contributed by atoms with van der Waals surface area (Å²) in [6.45, 7) is 3.47. The summed E-state index contributed by atoms with van der Waals surface area (Å²) in [5, 5.41) is 38.7. The van der Waals surface area contributed by atoms with Gasteiger partial charge in [0.15, 0.2) is 5.78 Å². The Morgan fingerprint density at radius 3 is 2.52 bits per heavy atom. The van der Waals surface area contributed by atoms with Gasteiger partial charge in [-0.05, 0) is 12.0 Å². The van der Waals surface area contributed by atoms with Crippen molar-refractivity contribution in [3.8, 4) is 0 Å². The smallest absolute Gasteiger partial charge is 0.181 e. The largest absolute Gasteiger partial charge is 0.394 e. The molecule has 0 spiro atoms. The topological polar surface area (TPSA) is 120 Å². The molecular formula is C16H25NO6. The number of aliphatic imine (C=N–C) groups is 1. The summed E-state index contributed by atoms with van der Waals surface area (Å²) in [7, 11) is 0. The third-order valence-electron chi connectivity index (χ3n) is 4.12. The van der Waals surface area contributed by atoms with Crippen LogP contribution in [0.4, 0.5) is 0 Å². The minimum absolute atomic E-state index is 0.0104. The van der Waals surface area contributed by atoms with E-state index in [1.54, 1.807) is 6.08 Å². The first-order valence-corrected chi connectivity index (χ1v) is 7.93. The van der Waals surface area contributed by atoms with Crippen molar-refractivity contribution in [2.45, 2.75) is 63.6 Å². The van der Waals surface area contributed by atoms with Gasteiger partial charge in [-0.1, -0.05) is 13.8 Å². The van der Waals surface area contributed by atoms with Gasteiger partial charge < -0.3 is 25.2 Å². The van der Waals surface area contributed by atoms with Gasteiger partial charge in [0.05, 0.1) is 12.7 Å². The highest BCUT2D eigenvalue weighted by atomic mass is 16.5. The highest BCUT2D eigenvalue weighted by molar-refractivity contribution is 6.02. The predicted molar refractivity (Wildman–Crippen MR) is 83.0 cm³/mol. The number of ketones is 1. The Morgan fingerprint density at radius 1 is 1.26 bits per heavy atom. The number of nitrogens with zero attached hydrogens (tertiary/aromatic N) is 1. The molecule has 1 saturated heterocycles. The van der Waals surface area contributed by atoms with Gasteiger partial charge in [0, 0.05) is 25.0 Å². The van der Waals surface area contributed by atoms with E-state index in [4.69, 9.17) is 4.74 Å². The summed E-state index contributed by atoms with van der Waals surface area (Å²) < 4.78 is 5.45. The Balaban J connectivity index is 1.98. The lowest BCUT2D eigenvalue weighted by Crippen LogP contribution is -2.58. The number of hydrogen-bond donors (Lipinski definition) is 4. The Labute approximate surface area is 135 Å². The first-order chi connectivity index (χ1) is 10.8. The maximum atomic E-state index is 12.0. The molecule has 7 heteroatoms. The maximum absolute atomic E-state index is 12.0. The van der Waals surface area contributed by atoms with Crippen molar-refractivity contribution in [2.24, 2.45) is 10.9 Å². The van der Waals surface area contributed by atoms with Gasteiger partial charge in [0.2, 0.25) is 0 Å². The third kappa shape index (κ3) is 4.24. The van der Waals surface area contributed by atoms with E-state index in [1.807, 2.05) is 13.8 Å². The Morgan fingerprint density at radius 2 is 1.91 bits per heavy atom. The van der Waals surface area contributed by atoms with Crippen molar-refractivity contribution in [2.75, 3.05) is 6.61 Å². The fourth-order valence-corrected chi connectivity index (χ4v) is 2.84. The molecule has 4 N–H and O–H groups in total. The average Bonchev–Trinajstić information content (AvgIpc) is 2.96. The Kier molecular flexibility index (Phi) is 6.05. The lowest BCUT2D eigenvalue weighted by molar-refractivity contribution is -0.227. The molecule has 5 atom stereocenters. The van der Waals surface area contributed by atoms with Crippen LogP contribution in [0.5, 0.6) is 0 Å². The minimum atomic E-state index is -1.39. The number of aliphatic hydroxyl groups excluding tert-OH is 4. The van der Waals surface area contributed by atoms with Crippen LogP contribution < -0.4 is 0 Å². The molecule has 130 valence electrons. The number of hydrogen-bond acceptors (Lipinski definition) is 7. The summed E-state index contributed by atoms with van der Waals surface area (Å²) >= 11 is 0. The van der Waals surface area contributed by atoms with E-state index in [9.17, 15) is 25.2 Å². The van der Waals surface area contributed by atoms with Crippen molar-refractivity contribution < 1.29 is 30.0 Å². The summed E-state index contributed by atoms with van der Waals surface area (Å²) in [4.78, 5) is 16.3. The molecule has 0 aromatic rings. The van der Waals surface area contributed by atoms with Crippen LogP contribution in [0.2, 0.25) is 0 Å². The van der Waals surface area contributed by atoms with Crippen molar-refractivity contribution in [3.05, 3.63) is 11.8 Å². The van der Waals surface area contributed by atoms with Gasteiger partial charge >= 0.3 is 0 Å². The van der Waals surface area contributed by atoms with E-state index in [0.29, 0.717) is 24.3 Å². The van der Waals surface area contributed by atoms with Crippen LogP contribution in [0.3, 0.4) is 0 Å². The molecule has 2 aliphatic rings. The quantitative estimate of drug-likeness (QED) is 0.525. The SMILES string of the molecule is CC(C)CC(=O)C1=CCC(CC2OC(CO)C(O)C(O)C2O)=N1. The molecule has 1 fully saturated rings. The number of aliphatic hydroxyl groups is 4. The van der Waals surface area contributed by atoms with Gasteiger partial charge in [-0.15, -0.1) is 0 Å². The lowest BCUT2D eigenvalue weighted by atomic mass is 9.92. The monoisotopic (exact) mass is 327 g/mol. The summed E-state index contributed by atoms with van der Waals surface area (Å²) in [5.74, 6) is 0.247. The Bertz CT molecular complexity index is 499. The van der Waals surface area contributed by atoms with Crippen LogP contribution in [0, 0.1) is 5.92 Å². The fraction of sp³-hybridized carbons (Fsp3) is 0.750. The van der Waals surface area contributed by atoms with Crippen molar-refractivity contribution in [1.29, 1.82) is 0 Å². The fourth-order valence-electron chi connectivity index (χ4n) is 2.84. The molecule has 0 aromatic heterocycles. The molecule has 5 unspecified atom stereocenters. The standard InChI is InChI=1S/C16H25NO6/c1-8(2)5-11(19)10-4-3-9(17-10)6-12-14(20)16(22)15(21)13(7-18)23-12/h4,8,12-16,18,20-22H,3,5-7H2,1-2H3. The molecule has 7 nitrogen and oxygen atoms in total. The van der Waals surface area contributed by atoms with Crippen LogP contribution in [0.25, 0.3) is 0 Å². The molecule has 0 amide bonds. The number of allylic oxidation sites excluding steroid dienone is 2. The van der Waals surface area contributed by atoms with Gasteiger partial charge in [-0.2, -0.15) is 0 Å². The average molecular weight is 327 g/mol. The summed E-state index contributed by atoms with van der Waals surface area (Å²) in [5.41, 5.74) is 1.11. The van der Waals surface area contributed by atoms with Crippen LogP contribution in [0.15, 0.2) is 16.8 Å². The second kappa shape index (κ2) is 7.63. The lowest BCUT2D eigenvalue weighted by Gasteiger charge is -2.40. The van der Waals surface area contributed by atoms with Gasteiger partial charge in [0.25, 0.3) is 0 Å². The number of carbonyl (C=O) groups excluding carboxylic acids is 1. The summed E-state index contributed by atoms with van der Waals surface area (Å²) in [6, 6.07) is 0. The highest BCUT2D eigenvalue weighted by Gasteiger charge is 2.43. The minimum Gasteiger partial charge on any atom is -0.394 e. The molecule has 0 aliphatic carbocycles. The van der Waals surface area contributed by atoms with Crippen LogP contribution in [0.1, 0.15) is 33.1 Å². The normalized spacial score (nSPS) is 34.5.